The van der Waals surface area contributed by atoms with Gasteiger partial charge in [0.2, 0.25) is 0 Å². The summed E-state index contributed by atoms with van der Waals surface area (Å²) in [4.78, 5) is 18.9. The van der Waals surface area contributed by atoms with Crippen LogP contribution in [0.1, 0.15) is 27.0 Å². The topological polar surface area (TPSA) is 68.5 Å². The first-order valence-electron chi connectivity index (χ1n) is 7.70. The highest BCUT2D eigenvalue weighted by molar-refractivity contribution is 7.09. The molecule has 24 heavy (non-hydrogen) atoms. The van der Waals surface area contributed by atoms with Crippen LogP contribution in [0.2, 0.25) is 0 Å². The summed E-state index contributed by atoms with van der Waals surface area (Å²) in [5.41, 5.74) is 7.69. The van der Waals surface area contributed by atoms with Gasteiger partial charge in [0.15, 0.2) is 0 Å². The van der Waals surface area contributed by atoms with Crippen LogP contribution in [-0.4, -0.2) is 42.5 Å². The molecule has 1 saturated heterocycles. The molecule has 5 nitrogen and oxygen atoms in total. The maximum absolute atomic E-state index is 12.7. The number of hydrogen-bond acceptors (Lipinski definition) is 5. The molecule has 2 aromatic rings. The second-order valence-electron chi connectivity index (χ2n) is 5.78. The van der Waals surface area contributed by atoms with Crippen LogP contribution in [-0.2, 0) is 11.3 Å². The third-order valence-corrected chi connectivity index (χ3v) is 5.12. The van der Waals surface area contributed by atoms with Crippen LogP contribution >= 0.6 is 23.7 Å². The number of ether oxygens (including phenoxy) is 1. The summed E-state index contributed by atoms with van der Waals surface area (Å²) in [6.07, 6.45) is 0. The van der Waals surface area contributed by atoms with Crippen molar-refractivity contribution < 1.29 is 9.53 Å². The number of hydrogen-bond donors (Lipinski definition) is 1. The lowest BCUT2D eigenvalue weighted by Gasteiger charge is -2.16. The number of nitrogens with two attached hydrogens (primary N) is 1. The SMILES string of the molecule is COCc1nc(C(=O)N2C[C@@H](CN)[C@H](c3ccccc3)C2)cs1.Cl. The maximum Gasteiger partial charge on any atom is 0.273 e. The van der Waals surface area contributed by atoms with Crippen molar-refractivity contribution in [3.05, 3.63) is 52.0 Å². The van der Waals surface area contributed by atoms with Gasteiger partial charge in [0, 0.05) is 31.5 Å². The number of likely N-dealkylation sites (tertiary alicyclic amines) is 1. The smallest absolute Gasteiger partial charge is 0.273 e. The molecule has 1 amide bonds. The Morgan fingerprint density at radius 2 is 2.12 bits per heavy atom. The van der Waals surface area contributed by atoms with Crippen molar-refractivity contribution in [1.82, 2.24) is 9.88 Å². The normalized spacial score (nSPS) is 20.0. The van der Waals surface area contributed by atoms with Crippen molar-refractivity contribution in [3.63, 3.8) is 0 Å². The molecule has 0 saturated carbocycles. The first-order valence-corrected chi connectivity index (χ1v) is 8.58. The van der Waals surface area contributed by atoms with E-state index < -0.39 is 0 Å². The molecule has 2 N–H and O–H groups in total. The number of nitrogens with zero attached hydrogens (tertiary/aromatic N) is 2. The Kier molecular flexibility index (Phi) is 6.74. The number of aromatic nitrogens is 1. The minimum absolute atomic E-state index is 0. The van der Waals surface area contributed by atoms with Gasteiger partial charge >= 0.3 is 0 Å². The fourth-order valence-electron chi connectivity index (χ4n) is 3.11. The Morgan fingerprint density at radius 3 is 2.79 bits per heavy atom. The Labute approximate surface area is 152 Å². The number of carbonyl (C=O) groups excluding carboxylic acids is 1. The van der Waals surface area contributed by atoms with Crippen LogP contribution in [0, 0.1) is 5.92 Å². The van der Waals surface area contributed by atoms with E-state index in [-0.39, 0.29) is 18.3 Å². The average molecular weight is 368 g/mol. The lowest BCUT2D eigenvalue weighted by molar-refractivity contribution is 0.0780. The van der Waals surface area contributed by atoms with E-state index in [1.807, 2.05) is 28.5 Å². The number of methoxy groups -OCH3 is 1. The van der Waals surface area contributed by atoms with Crippen LogP contribution in [0.5, 0.6) is 0 Å². The molecule has 0 unspecified atom stereocenters. The van der Waals surface area contributed by atoms with Gasteiger partial charge in [-0.1, -0.05) is 30.3 Å². The second kappa shape index (κ2) is 8.58. The third-order valence-electron chi connectivity index (χ3n) is 4.30. The molecule has 0 bridgehead atoms. The van der Waals surface area contributed by atoms with E-state index in [9.17, 15) is 4.79 Å². The number of rotatable bonds is 5. The number of carbonyl (C=O) groups is 1. The van der Waals surface area contributed by atoms with Crippen molar-refractivity contribution in [2.24, 2.45) is 11.7 Å². The van der Waals surface area contributed by atoms with Gasteiger partial charge in [-0.3, -0.25) is 4.79 Å². The van der Waals surface area contributed by atoms with Gasteiger partial charge in [-0.2, -0.15) is 0 Å². The molecule has 2 heterocycles. The monoisotopic (exact) mass is 367 g/mol. The van der Waals surface area contributed by atoms with E-state index in [0.29, 0.717) is 43.8 Å². The van der Waals surface area contributed by atoms with Gasteiger partial charge in [-0.25, -0.2) is 4.98 Å². The van der Waals surface area contributed by atoms with Gasteiger partial charge < -0.3 is 15.4 Å². The number of halogens is 1. The van der Waals surface area contributed by atoms with Crippen LogP contribution < -0.4 is 5.73 Å². The predicted molar refractivity (Wildman–Crippen MR) is 97.7 cm³/mol. The molecule has 0 spiro atoms. The zero-order valence-electron chi connectivity index (χ0n) is 13.6. The molecule has 0 radical (unpaired) electrons. The molecule has 0 aliphatic carbocycles. The molecule has 3 rings (SSSR count). The van der Waals surface area contributed by atoms with E-state index >= 15 is 0 Å². The molecule has 130 valence electrons. The summed E-state index contributed by atoms with van der Waals surface area (Å²) in [5, 5.41) is 2.63. The zero-order valence-corrected chi connectivity index (χ0v) is 15.2. The highest BCUT2D eigenvalue weighted by atomic mass is 35.5. The standard InChI is InChI=1S/C17H21N3O2S.ClH/c1-22-10-16-19-15(11-23-16)17(21)20-8-13(7-18)14(9-20)12-5-3-2-4-6-12;/h2-6,11,13-14H,7-10,18H2,1H3;1H/t13-,14+;/m1./s1. The van der Waals surface area contributed by atoms with E-state index in [0.717, 1.165) is 5.01 Å². The minimum Gasteiger partial charge on any atom is -0.378 e. The second-order valence-corrected chi connectivity index (χ2v) is 6.73. The number of amides is 1. The minimum atomic E-state index is -0.0134. The Bertz CT molecular complexity index is 665. The lowest BCUT2D eigenvalue weighted by Crippen LogP contribution is -2.30. The summed E-state index contributed by atoms with van der Waals surface area (Å²) < 4.78 is 5.06. The third kappa shape index (κ3) is 3.95. The fraction of sp³-hybridized carbons (Fsp3) is 0.412. The average Bonchev–Trinajstić information content (AvgIpc) is 3.22. The Hall–Kier alpha value is -1.47. The number of benzene rings is 1. The molecule has 1 fully saturated rings. The summed E-state index contributed by atoms with van der Waals surface area (Å²) in [6, 6.07) is 10.3. The van der Waals surface area contributed by atoms with Crippen molar-refractivity contribution in [1.29, 1.82) is 0 Å². The summed E-state index contributed by atoms with van der Waals surface area (Å²) in [6.45, 7) is 2.40. The van der Waals surface area contributed by atoms with Crippen LogP contribution in [0.4, 0.5) is 0 Å². The van der Waals surface area contributed by atoms with Gasteiger partial charge in [-0.15, -0.1) is 23.7 Å². The molecular formula is C17H22ClN3O2S. The molecule has 7 heteroatoms. The highest BCUT2D eigenvalue weighted by Crippen LogP contribution is 2.32. The quantitative estimate of drug-likeness (QED) is 0.881. The lowest BCUT2D eigenvalue weighted by atomic mass is 9.89. The van der Waals surface area contributed by atoms with Crippen LogP contribution in [0.3, 0.4) is 0 Å². The summed E-state index contributed by atoms with van der Waals surface area (Å²) >= 11 is 1.46. The Morgan fingerprint density at radius 1 is 1.38 bits per heavy atom. The fourth-order valence-corrected chi connectivity index (χ4v) is 3.85. The predicted octanol–water partition coefficient (Wildman–Crippen LogP) is 2.53. The summed E-state index contributed by atoms with van der Waals surface area (Å²) in [5.74, 6) is 0.571. The van der Waals surface area contributed by atoms with Crippen molar-refractivity contribution >= 4 is 29.7 Å². The van der Waals surface area contributed by atoms with Gasteiger partial charge in [0.1, 0.15) is 10.7 Å². The van der Waals surface area contributed by atoms with Crippen molar-refractivity contribution in [2.75, 3.05) is 26.7 Å². The van der Waals surface area contributed by atoms with Crippen molar-refractivity contribution in [2.45, 2.75) is 12.5 Å². The molecule has 1 aliphatic rings. The van der Waals surface area contributed by atoms with Gasteiger partial charge in [0.25, 0.3) is 5.91 Å². The molecule has 2 atom stereocenters. The van der Waals surface area contributed by atoms with Crippen molar-refractivity contribution in [3.8, 4) is 0 Å². The van der Waals surface area contributed by atoms with E-state index in [1.165, 1.54) is 16.9 Å². The molecular weight excluding hydrogens is 346 g/mol. The summed E-state index contributed by atoms with van der Waals surface area (Å²) in [7, 11) is 1.62. The van der Waals surface area contributed by atoms with E-state index in [1.54, 1.807) is 7.11 Å². The maximum atomic E-state index is 12.7. The molecule has 1 aromatic heterocycles. The first-order chi connectivity index (χ1) is 11.2. The van der Waals surface area contributed by atoms with E-state index in [4.69, 9.17) is 10.5 Å². The first kappa shape index (κ1) is 18.9. The largest absolute Gasteiger partial charge is 0.378 e. The van der Waals surface area contributed by atoms with Gasteiger partial charge in [-0.05, 0) is 18.0 Å². The zero-order chi connectivity index (χ0) is 16.2. The highest BCUT2D eigenvalue weighted by Gasteiger charge is 2.36. The molecule has 1 aromatic carbocycles. The number of thiazole rings is 1. The van der Waals surface area contributed by atoms with Crippen LogP contribution in [0.25, 0.3) is 0 Å². The molecule has 1 aliphatic heterocycles. The van der Waals surface area contributed by atoms with Crippen LogP contribution in [0.15, 0.2) is 35.7 Å². The van der Waals surface area contributed by atoms with Gasteiger partial charge in [0.05, 0.1) is 6.61 Å². The Balaban J connectivity index is 0.00000208. The van der Waals surface area contributed by atoms with E-state index in [2.05, 4.69) is 17.1 Å².